The predicted molar refractivity (Wildman–Crippen MR) is 110 cm³/mol. The molecule has 0 fully saturated rings. The lowest BCUT2D eigenvalue weighted by Gasteiger charge is -2.12. The van der Waals surface area contributed by atoms with Gasteiger partial charge in [-0.15, -0.1) is 10.2 Å². The first kappa shape index (κ1) is 18.4. The van der Waals surface area contributed by atoms with Gasteiger partial charge in [-0.1, -0.05) is 36.4 Å². The van der Waals surface area contributed by atoms with Crippen LogP contribution in [0.5, 0.6) is 5.88 Å². The maximum atomic E-state index is 11.9. The number of anilines is 1. The highest BCUT2D eigenvalue weighted by Crippen LogP contribution is 2.28. The summed E-state index contributed by atoms with van der Waals surface area (Å²) in [4.78, 5) is 16.6. The summed E-state index contributed by atoms with van der Waals surface area (Å²) in [7, 11) is 1.52. The molecule has 146 valence electrons. The number of amides is 1. The lowest BCUT2D eigenvalue weighted by Crippen LogP contribution is -2.16. The Balaban J connectivity index is 1.80. The van der Waals surface area contributed by atoms with Crippen LogP contribution >= 0.6 is 0 Å². The number of hydrogen-bond donors (Lipinski definition) is 2. The second-order valence-electron chi connectivity index (χ2n) is 6.54. The van der Waals surface area contributed by atoms with Gasteiger partial charge in [0, 0.05) is 12.1 Å². The van der Waals surface area contributed by atoms with Crippen molar-refractivity contribution in [2.24, 2.45) is 5.73 Å². The first-order chi connectivity index (χ1) is 14.1. The van der Waals surface area contributed by atoms with E-state index in [9.17, 15) is 4.79 Å². The van der Waals surface area contributed by atoms with E-state index < -0.39 is 5.91 Å². The van der Waals surface area contributed by atoms with Gasteiger partial charge >= 0.3 is 0 Å². The van der Waals surface area contributed by atoms with Crippen LogP contribution in [0.2, 0.25) is 0 Å². The molecule has 0 aliphatic rings. The highest BCUT2D eigenvalue weighted by atomic mass is 16.5. The van der Waals surface area contributed by atoms with Crippen molar-refractivity contribution in [2.75, 3.05) is 12.4 Å². The molecular weight excluding hydrogens is 368 g/mol. The minimum absolute atomic E-state index is 0.290. The third-order valence-corrected chi connectivity index (χ3v) is 4.60. The molecule has 4 aromatic rings. The number of fused-ring (bicyclic) bond motifs is 1. The molecule has 1 amide bonds. The van der Waals surface area contributed by atoms with E-state index in [0.29, 0.717) is 35.5 Å². The Morgan fingerprint density at radius 2 is 1.93 bits per heavy atom. The summed E-state index contributed by atoms with van der Waals surface area (Å²) in [6.45, 7) is 2.48. The number of nitrogens with one attached hydrogen (secondary N) is 1. The predicted octanol–water partition coefficient (Wildman–Crippen LogP) is 2.82. The average molecular weight is 388 g/mol. The lowest BCUT2D eigenvalue weighted by atomic mass is 10.2. The summed E-state index contributed by atoms with van der Waals surface area (Å²) in [5.74, 6) is 0.592. The van der Waals surface area contributed by atoms with Gasteiger partial charge in [0.05, 0.1) is 12.8 Å². The Morgan fingerprint density at radius 3 is 2.66 bits per heavy atom. The van der Waals surface area contributed by atoms with Crippen molar-refractivity contribution in [1.82, 2.24) is 19.6 Å². The minimum atomic E-state index is -0.531. The fraction of sp³-hybridized carbons (Fsp3) is 0.143. The summed E-state index contributed by atoms with van der Waals surface area (Å²) in [5, 5.41) is 11.6. The van der Waals surface area contributed by atoms with E-state index in [1.54, 1.807) is 16.5 Å². The number of rotatable bonds is 6. The number of aryl methyl sites for hydroxylation is 1. The Morgan fingerprint density at radius 1 is 1.14 bits per heavy atom. The molecule has 0 saturated heterocycles. The molecule has 29 heavy (non-hydrogen) atoms. The van der Waals surface area contributed by atoms with E-state index in [4.69, 9.17) is 10.5 Å². The maximum Gasteiger partial charge on any atom is 0.276 e. The molecule has 0 radical (unpaired) electrons. The summed E-state index contributed by atoms with van der Waals surface area (Å²) < 4.78 is 7.06. The topological polar surface area (TPSA) is 107 Å². The summed E-state index contributed by atoms with van der Waals surface area (Å²) in [6, 6.07) is 17.2. The monoisotopic (exact) mass is 388 g/mol. The van der Waals surface area contributed by atoms with Gasteiger partial charge in [0.1, 0.15) is 5.69 Å². The number of carbonyl (C=O) groups excluding carboxylic acids is 1. The van der Waals surface area contributed by atoms with Gasteiger partial charge in [-0.05, 0) is 36.2 Å². The minimum Gasteiger partial charge on any atom is -0.477 e. The number of benzene rings is 1. The Kier molecular flexibility index (Phi) is 4.82. The van der Waals surface area contributed by atoms with Crippen molar-refractivity contribution in [3.8, 4) is 17.4 Å². The lowest BCUT2D eigenvalue weighted by molar-refractivity contribution is 0.0994. The number of aromatic nitrogens is 4. The molecule has 3 heterocycles. The zero-order chi connectivity index (χ0) is 20.4. The van der Waals surface area contributed by atoms with Crippen molar-refractivity contribution in [3.63, 3.8) is 0 Å². The van der Waals surface area contributed by atoms with Crippen molar-refractivity contribution in [3.05, 3.63) is 71.4 Å². The molecule has 0 bridgehead atoms. The molecule has 0 aliphatic heterocycles. The molecule has 4 rings (SSSR count). The highest BCUT2D eigenvalue weighted by Gasteiger charge is 2.19. The van der Waals surface area contributed by atoms with Crippen molar-refractivity contribution in [2.45, 2.75) is 13.5 Å². The number of methoxy groups -OCH3 is 1. The number of pyridine rings is 1. The van der Waals surface area contributed by atoms with Crippen LogP contribution in [0.3, 0.4) is 0 Å². The fourth-order valence-corrected chi connectivity index (χ4v) is 3.27. The van der Waals surface area contributed by atoms with Gasteiger partial charge in [0.15, 0.2) is 5.82 Å². The van der Waals surface area contributed by atoms with Crippen LogP contribution in [-0.2, 0) is 6.54 Å². The fourth-order valence-electron chi connectivity index (χ4n) is 3.27. The third-order valence-electron chi connectivity index (χ3n) is 4.60. The second-order valence-corrected chi connectivity index (χ2v) is 6.54. The Hall–Kier alpha value is -3.94. The molecular formula is C21H20N6O2. The quantitative estimate of drug-likeness (QED) is 0.526. The SMILES string of the molecule is COc1nnc(-c2c(C)cc3cccc(C(N)=O)n23)nc1NCc1ccccc1. The van der Waals surface area contributed by atoms with Crippen molar-refractivity contribution >= 4 is 17.2 Å². The third kappa shape index (κ3) is 3.47. The van der Waals surface area contributed by atoms with Crippen LogP contribution in [-0.4, -0.2) is 32.6 Å². The maximum absolute atomic E-state index is 11.9. The average Bonchev–Trinajstić information content (AvgIpc) is 3.08. The van der Waals surface area contributed by atoms with Crippen molar-refractivity contribution in [1.29, 1.82) is 0 Å². The van der Waals surface area contributed by atoms with Crippen LogP contribution in [0.4, 0.5) is 5.82 Å². The first-order valence-corrected chi connectivity index (χ1v) is 9.06. The van der Waals surface area contributed by atoms with Crippen molar-refractivity contribution < 1.29 is 9.53 Å². The number of nitrogens with two attached hydrogens (primary N) is 1. The molecule has 0 aliphatic carbocycles. The van der Waals surface area contributed by atoms with Crippen LogP contribution in [0, 0.1) is 6.92 Å². The Labute approximate surface area is 167 Å². The molecule has 1 aromatic carbocycles. The number of primary amides is 1. The molecule has 0 spiro atoms. The second kappa shape index (κ2) is 7.59. The molecule has 3 aromatic heterocycles. The van der Waals surface area contributed by atoms with Crippen LogP contribution in [0.25, 0.3) is 17.0 Å². The zero-order valence-electron chi connectivity index (χ0n) is 16.1. The van der Waals surface area contributed by atoms with Gasteiger partial charge < -0.3 is 20.2 Å². The number of carbonyl (C=O) groups is 1. The number of hydrogen-bond acceptors (Lipinski definition) is 6. The van der Waals surface area contributed by atoms with E-state index in [1.807, 2.05) is 49.4 Å². The van der Waals surface area contributed by atoms with Crippen LogP contribution < -0.4 is 15.8 Å². The molecule has 0 unspecified atom stereocenters. The zero-order valence-corrected chi connectivity index (χ0v) is 16.1. The molecule has 3 N–H and O–H groups in total. The van der Waals surface area contributed by atoms with E-state index >= 15 is 0 Å². The van der Waals surface area contributed by atoms with E-state index in [2.05, 4.69) is 20.5 Å². The summed E-state index contributed by atoms with van der Waals surface area (Å²) in [5.41, 5.74) is 9.41. The molecule has 0 atom stereocenters. The molecule has 0 saturated carbocycles. The van der Waals surface area contributed by atoms with Gasteiger partial charge in [-0.25, -0.2) is 4.98 Å². The number of nitrogens with zero attached hydrogens (tertiary/aromatic N) is 4. The molecule has 8 nitrogen and oxygen atoms in total. The van der Waals surface area contributed by atoms with Gasteiger partial charge in [-0.3, -0.25) is 4.79 Å². The van der Waals surface area contributed by atoms with Gasteiger partial charge in [-0.2, -0.15) is 0 Å². The van der Waals surface area contributed by atoms with E-state index in [1.165, 1.54) is 7.11 Å². The smallest absolute Gasteiger partial charge is 0.276 e. The molecule has 8 heteroatoms. The van der Waals surface area contributed by atoms with Gasteiger partial charge in [0.25, 0.3) is 11.8 Å². The largest absolute Gasteiger partial charge is 0.477 e. The van der Waals surface area contributed by atoms with Gasteiger partial charge in [0.2, 0.25) is 5.82 Å². The van der Waals surface area contributed by atoms with E-state index in [-0.39, 0.29) is 0 Å². The summed E-state index contributed by atoms with van der Waals surface area (Å²) >= 11 is 0. The normalized spacial score (nSPS) is 10.8. The number of ether oxygens (including phenoxy) is 1. The van der Waals surface area contributed by atoms with Crippen LogP contribution in [0.1, 0.15) is 21.6 Å². The summed E-state index contributed by atoms with van der Waals surface area (Å²) in [6.07, 6.45) is 0. The highest BCUT2D eigenvalue weighted by molar-refractivity contribution is 5.93. The Bertz CT molecular complexity index is 1190. The van der Waals surface area contributed by atoms with E-state index in [0.717, 1.165) is 16.6 Å². The first-order valence-electron chi connectivity index (χ1n) is 9.06. The standard InChI is InChI=1S/C21H20N6O2/c1-13-11-15-9-6-10-16(18(22)28)27(15)17(13)19-24-20(21(29-2)26-25-19)23-12-14-7-4-3-5-8-14/h3-11H,12H2,1-2H3,(H2,22,28)(H,23,24,25). The van der Waals surface area contributed by atoms with Crippen LogP contribution in [0.15, 0.2) is 54.6 Å².